The van der Waals surface area contributed by atoms with Gasteiger partial charge in [-0.05, 0) is 37.1 Å². The normalized spacial score (nSPS) is 24.3. The molecule has 1 unspecified atom stereocenters. The standard InChI is InChI=1S/C14H18FNO2/c1-2-14(13(17)18)7-8-16(10-14)9-11-3-5-12(15)6-4-11/h3-6H,2,7-10H2,1H3,(H,17,18). The van der Waals surface area contributed by atoms with Gasteiger partial charge in [-0.2, -0.15) is 0 Å². The van der Waals surface area contributed by atoms with Crippen LogP contribution in [0.3, 0.4) is 0 Å². The minimum Gasteiger partial charge on any atom is -0.481 e. The van der Waals surface area contributed by atoms with E-state index in [9.17, 15) is 14.3 Å². The molecule has 2 rings (SSSR count). The first-order valence-corrected chi connectivity index (χ1v) is 6.26. The lowest BCUT2D eigenvalue weighted by atomic mass is 9.84. The van der Waals surface area contributed by atoms with Gasteiger partial charge in [0.25, 0.3) is 0 Å². The van der Waals surface area contributed by atoms with Crippen molar-refractivity contribution in [3.05, 3.63) is 35.6 Å². The van der Waals surface area contributed by atoms with Crippen molar-refractivity contribution in [1.82, 2.24) is 4.90 Å². The number of benzene rings is 1. The summed E-state index contributed by atoms with van der Waals surface area (Å²) >= 11 is 0. The number of rotatable bonds is 4. The first-order valence-electron chi connectivity index (χ1n) is 6.26. The van der Waals surface area contributed by atoms with Crippen molar-refractivity contribution in [3.63, 3.8) is 0 Å². The maximum absolute atomic E-state index is 12.8. The van der Waals surface area contributed by atoms with Crippen LogP contribution in [0.25, 0.3) is 0 Å². The molecule has 0 saturated carbocycles. The molecule has 3 nitrogen and oxygen atoms in total. The molecule has 0 radical (unpaired) electrons. The fourth-order valence-corrected chi connectivity index (χ4v) is 2.56. The highest BCUT2D eigenvalue weighted by molar-refractivity contribution is 5.75. The molecule has 1 aromatic rings. The summed E-state index contributed by atoms with van der Waals surface area (Å²) in [6.45, 7) is 3.98. The monoisotopic (exact) mass is 251 g/mol. The quantitative estimate of drug-likeness (QED) is 0.894. The average molecular weight is 251 g/mol. The minimum absolute atomic E-state index is 0.242. The molecule has 1 aliphatic heterocycles. The van der Waals surface area contributed by atoms with Crippen LogP contribution in [0.15, 0.2) is 24.3 Å². The van der Waals surface area contributed by atoms with Gasteiger partial charge in [0, 0.05) is 13.1 Å². The summed E-state index contributed by atoms with van der Waals surface area (Å²) in [5.74, 6) is -0.944. The Bertz CT molecular complexity index is 432. The predicted molar refractivity (Wildman–Crippen MR) is 66.7 cm³/mol. The molecule has 1 fully saturated rings. The lowest BCUT2D eigenvalue weighted by Gasteiger charge is -2.23. The van der Waals surface area contributed by atoms with Crippen LogP contribution in [0.1, 0.15) is 25.3 Å². The Balaban J connectivity index is 2.01. The maximum Gasteiger partial charge on any atom is 0.310 e. The molecule has 1 heterocycles. The third-order valence-electron chi connectivity index (χ3n) is 3.88. The largest absolute Gasteiger partial charge is 0.481 e. The van der Waals surface area contributed by atoms with E-state index in [1.807, 2.05) is 6.92 Å². The maximum atomic E-state index is 12.8. The average Bonchev–Trinajstić information content (AvgIpc) is 2.77. The van der Waals surface area contributed by atoms with Gasteiger partial charge in [0.1, 0.15) is 5.82 Å². The molecule has 1 atom stereocenters. The summed E-state index contributed by atoms with van der Waals surface area (Å²) in [5, 5.41) is 9.31. The zero-order valence-corrected chi connectivity index (χ0v) is 10.5. The van der Waals surface area contributed by atoms with E-state index in [1.54, 1.807) is 12.1 Å². The van der Waals surface area contributed by atoms with Crippen LogP contribution in [0, 0.1) is 11.2 Å². The molecule has 1 N–H and O–H groups in total. The van der Waals surface area contributed by atoms with Crippen LogP contribution in [-0.4, -0.2) is 29.1 Å². The van der Waals surface area contributed by atoms with Crippen molar-refractivity contribution >= 4 is 5.97 Å². The lowest BCUT2D eigenvalue weighted by Crippen LogP contribution is -2.33. The highest BCUT2D eigenvalue weighted by Gasteiger charge is 2.42. The van der Waals surface area contributed by atoms with Crippen molar-refractivity contribution in [3.8, 4) is 0 Å². The molecule has 1 aromatic carbocycles. The molecule has 0 aromatic heterocycles. The van der Waals surface area contributed by atoms with Gasteiger partial charge in [0.2, 0.25) is 0 Å². The summed E-state index contributed by atoms with van der Waals surface area (Å²) in [6, 6.07) is 6.38. The van der Waals surface area contributed by atoms with Crippen molar-refractivity contribution in [1.29, 1.82) is 0 Å². The molecule has 0 spiro atoms. The third-order valence-corrected chi connectivity index (χ3v) is 3.88. The first kappa shape index (κ1) is 13.0. The van der Waals surface area contributed by atoms with E-state index in [4.69, 9.17) is 0 Å². The first-order chi connectivity index (χ1) is 8.55. The van der Waals surface area contributed by atoms with Crippen LogP contribution < -0.4 is 0 Å². The van der Waals surface area contributed by atoms with E-state index >= 15 is 0 Å². The second-order valence-corrected chi connectivity index (χ2v) is 5.03. The fourth-order valence-electron chi connectivity index (χ4n) is 2.56. The minimum atomic E-state index is -0.702. The number of hydrogen-bond donors (Lipinski definition) is 1. The van der Waals surface area contributed by atoms with Gasteiger partial charge < -0.3 is 5.11 Å². The smallest absolute Gasteiger partial charge is 0.310 e. The molecule has 0 aliphatic carbocycles. The van der Waals surface area contributed by atoms with Gasteiger partial charge in [0.05, 0.1) is 5.41 Å². The van der Waals surface area contributed by atoms with E-state index in [-0.39, 0.29) is 5.82 Å². The summed E-state index contributed by atoms with van der Waals surface area (Å²) in [6.07, 6.45) is 1.35. The molecule has 0 amide bonds. The second kappa shape index (κ2) is 5.06. The lowest BCUT2D eigenvalue weighted by molar-refractivity contribution is -0.148. The van der Waals surface area contributed by atoms with Crippen molar-refractivity contribution in [2.45, 2.75) is 26.3 Å². The van der Waals surface area contributed by atoms with Gasteiger partial charge >= 0.3 is 5.97 Å². The predicted octanol–water partition coefficient (Wildman–Crippen LogP) is 2.51. The zero-order valence-electron chi connectivity index (χ0n) is 10.5. The molecule has 18 heavy (non-hydrogen) atoms. The fraction of sp³-hybridized carbons (Fsp3) is 0.500. The topological polar surface area (TPSA) is 40.5 Å². The van der Waals surface area contributed by atoms with Crippen LogP contribution in [0.2, 0.25) is 0 Å². The Hall–Kier alpha value is -1.42. The molecule has 4 heteroatoms. The molecule has 98 valence electrons. The second-order valence-electron chi connectivity index (χ2n) is 5.03. The Morgan fingerprint density at radius 2 is 2.11 bits per heavy atom. The van der Waals surface area contributed by atoms with E-state index in [0.29, 0.717) is 25.9 Å². The number of hydrogen-bond acceptors (Lipinski definition) is 2. The van der Waals surface area contributed by atoms with Crippen LogP contribution in [0.4, 0.5) is 4.39 Å². The van der Waals surface area contributed by atoms with Crippen LogP contribution in [-0.2, 0) is 11.3 Å². The Morgan fingerprint density at radius 3 is 2.61 bits per heavy atom. The van der Waals surface area contributed by atoms with Crippen LogP contribution in [0.5, 0.6) is 0 Å². The Morgan fingerprint density at radius 1 is 1.44 bits per heavy atom. The van der Waals surface area contributed by atoms with E-state index in [0.717, 1.165) is 12.1 Å². The van der Waals surface area contributed by atoms with E-state index < -0.39 is 11.4 Å². The SMILES string of the molecule is CCC1(C(=O)O)CCN(Cc2ccc(F)cc2)C1. The Labute approximate surface area is 106 Å². The van der Waals surface area contributed by atoms with Crippen molar-refractivity contribution < 1.29 is 14.3 Å². The highest BCUT2D eigenvalue weighted by atomic mass is 19.1. The number of aliphatic carboxylic acids is 1. The Kier molecular flexibility index (Phi) is 3.66. The van der Waals surface area contributed by atoms with Gasteiger partial charge in [-0.15, -0.1) is 0 Å². The summed E-state index contributed by atoms with van der Waals surface area (Å²) < 4.78 is 12.8. The van der Waals surface area contributed by atoms with E-state index in [1.165, 1.54) is 12.1 Å². The number of nitrogens with zero attached hydrogens (tertiary/aromatic N) is 1. The van der Waals surface area contributed by atoms with Gasteiger partial charge in [-0.3, -0.25) is 9.69 Å². The molecule has 1 aliphatic rings. The summed E-state index contributed by atoms with van der Waals surface area (Å²) in [4.78, 5) is 13.5. The van der Waals surface area contributed by atoms with Gasteiger partial charge in [-0.1, -0.05) is 19.1 Å². The summed E-state index contributed by atoms with van der Waals surface area (Å²) in [7, 11) is 0. The van der Waals surface area contributed by atoms with E-state index in [2.05, 4.69) is 4.90 Å². The number of carboxylic acid groups (broad SMARTS) is 1. The van der Waals surface area contributed by atoms with Crippen LogP contribution >= 0.6 is 0 Å². The zero-order chi connectivity index (χ0) is 13.2. The van der Waals surface area contributed by atoms with Gasteiger partial charge in [-0.25, -0.2) is 4.39 Å². The van der Waals surface area contributed by atoms with Crippen molar-refractivity contribution in [2.75, 3.05) is 13.1 Å². The third kappa shape index (κ3) is 2.53. The summed E-state index contributed by atoms with van der Waals surface area (Å²) in [5.41, 5.74) is 0.425. The number of carbonyl (C=O) groups is 1. The molecule has 0 bridgehead atoms. The molecular weight excluding hydrogens is 233 g/mol. The van der Waals surface area contributed by atoms with Gasteiger partial charge in [0.15, 0.2) is 0 Å². The highest BCUT2D eigenvalue weighted by Crippen LogP contribution is 2.34. The van der Waals surface area contributed by atoms with Crippen molar-refractivity contribution in [2.24, 2.45) is 5.41 Å². The molecule has 1 saturated heterocycles. The molecular formula is C14H18FNO2. The number of likely N-dealkylation sites (tertiary alicyclic amines) is 1. The number of halogens is 1. The number of carboxylic acids is 1.